The van der Waals surface area contributed by atoms with E-state index in [1.165, 1.54) is 0 Å². The first-order chi connectivity index (χ1) is 11.7. The summed E-state index contributed by atoms with van der Waals surface area (Å²) in [6, 6.07) is 0. The lowest BCUT2D eigenvalue weighted by atomic mass is 10.1. The fourth-order valence-corrected chi connectivity index (χ4v) is 11.5. The summed E-state index contributed by atoms with van der Waals surface area (Å²) in [5, 5.41) is -0.694. The molecule has 4 nitrogen and oxygen atoms in total. The molecule has 0 aliphatic heterocycles. The van der Waals surface area contributed by atoms with Gasteiger partial charge in [0.15, 0.2) is 0 Å². The van der Waals surface area contributed by atoms with E-state index in [2.05, 4.69) is 41.5 Å². The molecule has 0 aromatic rings. The van der Waals surface area contributed by atoms with E-state index in [1.807, 2.05) is 13.8 Å². The van der Waals surface area contributed by atoms with Crippen LogP contribution < -0.4 is 0 Å². The molecule has 4 unspecified atom stereocenters. The van der Waals surface area contributed by atoms with Crippen molar-refractivity contribution in [1.82, 2.24) is 0 Å². The van der Waals surface area contributed by atoms with Gasteiger partial charge in [0.05, 0.1) is 0 Å². The Balaban J connectivity index is 6.03. The number of carbonyl (C=O) groups excluding carboxylic acids is 1. The predicted molar refractivity (Wildman–Crippen MR) is 109 cm³/mol. The Hall–Kier alpha value is -0.176. The molecule has 0 bridgehead atoms. The maximum Gasteiger partial charge on any atom is 0.402 e. The highest BCUT2D eigenvalue weighted by molar-refractivity contribution is 6.79. The highest BCUT2D eigenvalue weighted by Crippen LogP contribution is 2.49. The summed E-state index contributed by atoms with van der Waals surface area (Å²) in [6.45, 7) is 17.4. The van der Waals surface area contributed by atoms with Gasteiger partial charge >= 0.3 is 9.28 Å². The Labute approximate surface area is 159 Å². The van der Waals surface area contributed by atoms with Crippen LogP contribution in [0.2, 0.25) is 21.7 Å². The maximum absolute atomic E-state index is 13.4. The first kappa shape index (κ1) is 24.8. The van der Waals surface area contributed by atoms with Crippen LogP contribution in [0.4, 0.5) is 0 Å². The summed E-state index contributed by atoms with van der Waals surface area (Å²) in [6.07, 6.45) is 3.80. The molecule has 0 saturated carbocycles. The van der Waals surface area contributed by atoms with E-state index in [-0.39, 0.29) is 5.97 Å². The smallest absolute Gasteiger partial charge is 0.402 e. The lowest BCUT2D eigenvalue weighted by molar-refractivity contribution is -0.140. The molecule has 0 spiro atoms. The molecule has 149 valence electrons. The third-order valence-electron chi connectivity index (χ3n) is 6.40. The zero-order chi connectivity index (χ0) is 19.8. The lowest BCUT2D eigenvalue weighted by Crippen LogP contribution is -2.54. The van der Waals surface area contributed by atoms with Gasteiger partial charge in [-0.15, -0.1) is 0 Å². The maximum atomic E-state index is 13.4. The second kappa shape index (κ2) is 10.8. The molecule has 4 atom stereocenters. The van der Waals surface area contributed by atoms with Crippen LogP contribution in [0, 0.1) is 0 Å². The van der Waals surface area contributed by atoms with Crippen molar-refractivity contribution in [2.75, 3.05) is 14.2 Å². The third-order valence-corrected chi connectivity index (χ3v) is 15.0. The molecule has 0 rings (SSSR count). The average molecular weight is 390 g/mol. The van der Waals surface area contributed by atoms with Gasteiger partial charge in [0.1, 0.15) is 5.04 Å². The Morgan fingerprint density at radius 3 is 1.52 bits per heavy atom. The molecule has 0 aromatic heterocycles. The zero-order valence-electron chi connectivity index (χ0n) is 18.2. The quantitative estimate of drug-likeness (QED) is 0.394. The van der Waals surface area contributed by atoms with Gasteiger partial charge in [-0.2, -0.15) is 0 Å². The molecule has 1 radical (unpaired) electrons. The van der Waals surface area contributed by atoms with Crippen LogP contribution in [-0.2, 0) is 18.1 Å². The number of hydrogen-bond acceptors (Lipinski definition) is 4. The van der Waals surface area contributed by atoms with Crippen LogP contribution in [0.5, 0.6) is 0 Å². The minimum atomic E-state index is -2.31. The first-order valence-corrected chi connectivity index (χ1v) is 13.3. The standard InChI is InChI=1S/C19H41O4Si2/c1-11-15(5)25(16(6)12-2,17(7)13-3)23-18(20)19(8,14-4)24(21-9)22-10/h15-17H,11-14H2,1-10H3. The molecule has 0 saturated heterocycles. The summed E-state index contributed by atoms with van der Waals surface area (Å²) in [4.78, 5) is 13.4. The van der Waals surface area contributed by atoms with Crippen molar-refractivity contribution in [1.29, 1.82) is 0 Å². The first-order valence-electron chi connectivity index (χ1n) is 9.84. The zero-order valence-corrected chi connectivity index (χ0v) is 20.2. The Morgan fingerprint density at radius 1 is 0.920 bits per heavy atom. The molecule has 0 aliphatic carbocycles. The molecule has 0 aromatic carbocycles. The topological polar surface area (TPSA) is 44.8 Å². The largest absolute Gasteiger partial charge is 0.518 e. The second-order valence-corrected chi connectivity index (χ2v) is 14.9. The summed E-state index contributed by atoms with van der Waals surface area (Å²) in [5.74, 6) is -0.111. The van der Waals surface area contributed by atoms with E-state index < -0.39 is 22.6 Å². The fraction of sp³-hybridized carbons (Fsp3) is 0.947. The van der Waals surface area contributed by atoms with Crippen LogP contribution in [-0.4, -0.2) is 37.8 Å². The number of rotatable bonds is 12. The highest BCUT2D eigenvalue weighted by atomic mass is 28.4. The molecular formula is C19H41O4Si2. The predicted octanol–water partition coefficient (Wildman–Crippen LogP) is 5.83. The highest BCUT2D eigenvalue weighted by Gasteiger charge is 2.55. The van der Waals surface area contributed by atoms with Crippen molar-refractivity contribution in [2.24, 2.45) is 0 Å². The van der Waals surface area contributed by atoms with Gasteiger partial charge in [-0.3, -0.25) is 4.79 Å². The average Bonchev–Trinajstić information content (AvgIpc) is 2.64. The van der Waals surface area contributed by atoms with E-state index in [9.17, 15) is 4.79 Å². The molecule has 0 aliphatic rings. The van der Waals surface area contributed by atoms with Gasteiger partial charge in [-0.05, 0) is 30.0 Å². The molecule has 6 heteroatoms. The minimum absolute atomic E-state index is 0.111. The van der Waals surface area contributed by atoms with Crippen molar-refractivity contribution >= 4 is 23.6 Å². The summed E-state index contributed by atoms with van der Waals surface area (Å²) in [5.41, 5.74) is 1.30. The van der Waals surface area contributed by atoms with E-state index >= 15 is 0 Å². The van der Waals surface area contributed by atoms with Gasteiger partial charge in [0.2, 0.25) is 0 Å². The molecule has 0 fully saturated rings. The van der Waals surface area contributed by atoms with Crippen molar-refractivity contribution in [3.63, 3.8) is 0 Å². The number of hydrogen-bond donors (Lipinski definition) is 0. The Kier molecular flexibility index (Phi) is 10.8. The summed E-state index contributed by atoms with van der Waals surface area (Å²) < 4.78 is 17.7. The normalized spacial score (nSPS) is 20.4. The van der Waals surface area contributed by atoms with Gasteiger partial charge in [-0.1, -0.05) is 67.7 Å². The van der Waals surface area contributed by atoms with Gasteiger partial charge in [0, 0.05) is 14.2 Å². The van der Waals surface area contributed by atoms with Crippen molar-refractivity contribution < 1.29 is 18.1 Å². The van der Waals surface area contributed by atoms with Gasteiger partial charge < -0.3 is 13.3 Å². The molecule has 0 N–H and O–H groups in total. The van der Waals surface area contributed by atoms with Crippen molar-refractivity contribution in [3.8, 4) is 0 Å². The SMILES string of the molecule is CCC(C)[Si](OC(=O)C(C)(CC)[Si](OC)OC)(C(C)CC)C(C)CC. The summed E-state index contributed by atoms with van der Waals surface area (Å²) in [7, 11) is -0.787. The minimum Gasteiger partial charge on any atom is -0.518 e. The molecule has 0 amide bonds. The third kappa shape index (κ3) is 4.96. The fourth-order valence-electron chi connectivity index (χ4n) is 3.90. The van der Waals surface area contributed by atoms with Gasteiger partial charge in [-0.25, -0.2) is 0 Å². The summed E-state index contributed by atoms with van der Waals surface area (Å²) >= 11 is 0. The second-order valence-electron chi connectivity index (χ2n) is 7.55. The van der Waals surface area contributed by atoms with E-state index in [0.717, 1.165) is 19.3 Å². The molecular weight excluding hydrogens is 348 g/mol. The van der Waals surface area contributed by atoms with Crippen molar-refractivity contribution in [2.45, 2.75) is 103 Å². The van der Waals surface area contributed by atoms with E-state index in [4.69, 9.17) is 13.3 Å². The van der Waals surface area contributed by atoms with Crippen LogP contribution in [0.15, 0.2) is 0 Å². The monoisotopic (exact) mass is 389 g/mol. The van der Waals surface area contributed by atoms with Crippen LogP contribution in [0.1, 0.15) is 81.1 Å². The van der Waals surface area contributed by atoms with Crippen molar-refractivity contribution in [3.05, 3.63) is 0 Å². The number of carbonyl (C=O) groups is 1. The lowest BCUT2D eigenvalue weighted by Gasteiger charge is -2.46. The van der Waals surface area contributed by atoms with E-state index in [0.29, 0.717) is 23.0 Å². The van der Waals surface area contributed by atoms with Crippen LogP contribution >= 0.6 is 0 Å². The Morgan fingerprint density at radius 2 is 1.28 bits per heavy atom. The van der Waals surface area contributed by atoms with Crippen LogP contribution in [0.25, 0.3) is 0 Å². The van der Waals surface area contributed by atoms with E-state index in [1.54, 1.807) is 14.2 Å². The van der Waals surface area contributed by atoms with Crippen LogP contribution in [0.3, 0.4) is 0 Å². The Bertz CT molecular complexity index is 374. The molecule has 25 heavy (non-hydrogen) atoms. The molecule has 0 heterocycles. The van der Waals surface area contributed by atoms with Gasteiger partial charge in [0.25, 0.3) is 14.3 Å².